The second-order valence-corrected chi connectivity index (χ2v) is 6.17. The first-order chi connectivity index (χ1) is 10.8. The zero-order valence-corrected chi connectivity index (χ0v) is 13.5. The number of carbonyl (C=O) groups excluding carboxylic acids is 1. The van der Waals surface area contributed by atoms with Gasteiger partial charge in [-0.05, 0) is 37.1 Å². The molecule has 0 radical (unpaired) electrons. The van der Waals surface area contributed by atoms with Crippen molar-refractivity contribution in [3.05, 3.63) is 29.8 Å². The number of alkyl halides is 1. The fourth-order valence-corrected chi connectivity index (χ4v) is 2.31. The van der Waals surface area contributed by atoms with E-state index >= 15 is 0 Å². The van der Waals surface area contributed by atoms with Crippen LogP contribution in [0.25, 0.3) is 0 Å². The average Bonchev–Trinajstić information content (AvgIpc) is 2.49. The Bertz CT molecular complexity index is 534. The first-order valence-corrected chi connectivity index (χ1v) is 8.83. The Morgan fingerprint density at radius 3 is 2.39 bits per heavy atom. The lowest BCUT2D eigenvalue weighted by Crippen LogP contribution is -2.28. The van der Waals surface area contributed by atoms with E-state index in [1.54, 1.807) is 0 Å². The van der Waals surface area contributed by atoms with Gasteiger partial charge in [-0.25, -0.2) is 8.96 Å². The van der Waals surface area contributed by atoms with Gasteiger partial charge in [-0.15, -0.1) is 0 Å². The minimum Gasteiger partial charge on any atom is -0.404 e. The number of phosphoric acid groups is 1. The van der Waals surface area contributed by atoms with Gasteiger partial charge in [-0.2, -0.15) is 0 Å². The molecule has 23 heavy (non-hydrogen) atoms. The lowest BCUT2D eigenvalue weighted by Gasteiger charge is -2.11. The van der Waals surface area contributed by atoms with Gasteiger partial charge in [0.25, 0.3) is 5.91 Å². The summed E-state index contributed by atoms with van der Waals surface area (Å²) in [5.41, 5.74) is 5.46. The Labute approximate surface area is 134 Å². The molecule has 5 N–H and O–H groups in total. The smallest absolute Gasteiger partial charge is 0.404 e. The van der Waals surface area contributed by atoms with Crippen LogP contribution in [-0.4, -0.2) is 28.8 Å². The fourth-order valence-electron chi connectivity index (χ4n) is 1.91. The second kappa shape index (κ2) is 9.62. The maximum absolute atomic E-state index is 14.0. The molecule has 0 aliphatic heterocycles. The van der Waals surface area contributed by atoms with Crippen LogP contribution >= 0.6 is 7.82 Å². The van der Waals surface area contributed by atoms with Crippen LogP contribution in [0.15, 0.2) is 24.3 Å². The molecule has 0 aromatic heterocycles. The average molecular weight is 348 g/mol. The Hall–Kier alpha value is -1.47. The number of benzene rings is 1. The predicted octanol–water partition coefficient (Wildman–Crippen LogP) is 1.80. The minimum atomic E-state index is -4.65. The number of nitrogens with one attached hydrogen (secondary N) is 1. The largest absolute Gasteiger partial charge is 0.524 e. The van der Waals surface area contributed by atoms with E-state index in [0.29, 0.717) is 13.1 Å². The van der Waals surface area contributed by atoms with Crippen molar-refractivity contribution in [1.82, 2.24) is 5.32 Å². The fraction of sp³-hybridized carbons (Fsp3) is 0.500. The zero-order valence-electron chi connectivity index (χ0n) is 12.7. The summed E-state index contributed by atoms with van der Waals surface area (Å²) in [7, 11) is -4.65. The molecule has 0 aliphatic carbocycles. The summed E-state index contributed by atoms with van der Waals surface area (Å²) < 4.78 is 29.0. The molecule has 0 saturated heterocycles. The lowest BCUT2D eigenvalue weighted by atomic mass is 10.1. The van der Waals surface area contributed by atoms with Gasteiger partial charge in [-0.3, -0.25) is 14.6 Å². The number of hydrogen-bond donors (Lipinski definition) is 4. The molecular formula is C14H22FN2O5P. The number of halogens is 1. The van der Waals surface area contributed by atoms with Gasteiger partial charge in [0.2, 0.25) is 6.17 Å². The first-order valence-electron chi connectivity index (χ1n) is 7.30. The van der Waals surface area contributed by atoms with Crippen LogP contribution < -0.4 is 15.6 Å². The molecule has 0 bridgehead atoms. The van der Waals surface area contributed by atoms with Crippen molar-refractivity contribution >= 4 is 13.7 Å². The molecule has 130 valence electrons. The zero-order chi connectivity index (χ0) is 17.3. The number of rotatable bonds is 10. The van der Waals surface area contributed by atoms with Gasteiger partial charge in [0.05, 0.1) is 0 Å². The van der Waals surface area contributed by atoms with Crippen LogP contribution in [0.1, 0.15) is 37.4 Å². The highest BCUT2D eigenvalue weighted by molar-refractivity contribution is 7.46. The standard InChI is InChI=1S/C14H22FN2O5P/c15-13(14(18)17-10-4-2-1-3-9-16)11-5-7-12(8-6-11)22-23(19,20)21/h5-8,13H,1-4,9-10,16H2,(H,17,18)(H2,19,20,21)/t13-/m1/s1. The summed E-state index contributed by atoms with van der Waals surface area (Å²) in [6, 6.07) is 4.88. The molecule has 0 aliphatic rings. The Kier molecular flexibility index (Phi) is 8.19. The van der Waals surface area contributed by atoms with E-state index in [4.69, 9.17) is 15.5 Å². The quantitative estimate of drug-likeness (QED) is 0.378. The van der Waals surface area contributed by atoms with Crippen LogP contribution in [0.4, 0.5) is 4.39 Å². The summed E-state index contributed by atoms with van der Waals surface area (Å²) in [6.07, 6.45) is 1.74. The third-order valence-electron chi connectivity index (χ3n) is 3.06. The predicted molar refractivity (Wildman–Crippen MR) is 83.5 cm³/mol. The van der Waals surface area contributed by atoms with E-state index in [0.717, 1.165) is 25.7 Å². The summed E-state index contributed by atoms with van der Waals surface area (Å²) in [6.45, 7) is 1.03. The lowest BCUT2D eigenvalue weighted by molar-refractivity contribution is -0.126. The molecule has 0 saturated carbocycles. The van der Waals surface area contributed by atoms with Gasteiger partial charge in [0.1, 0.15) is 5.75 Å². The molecule has 0 fully saturated rings. The summed E-state index contributed by atoms with van der Waals surface area (Å²) in [5.74, 6) is -0.845. The van der Waals surface area contributed by atoms with Crippen molar-refractivity contribution in [3.8, 4) is 5.75 Å². The highest BCUT2D eigenvalue weighted by Crippen LogP contribution is 2.37. The van der Waals surface area contributed by atoms with Crippen molar-refractivity contribution in [3.63, 3.8) is 0 Å². The molecule has 1 amide bonds. The van der Waals surface area contributed by atoms with Crippen molar-refractivity contribution < 1.29 is 28.1 Å². The third-order valence-corrected chi connectivity index (χ3v) is 3.51. The first kappa shape index (κ1) is 19.6. The van der Waals surface area contributed by atoms with Gasteiger partial charge >= 0.3 is 7.82 Å². The molecule has 1 aromatic carbocycles. The van der Waals surface area contributed by atoms with Crippen LogP contribution in [0.2, 0.25) is 0 Å². The molecule has 1 aromatic rings. The summed E-state index contributed by atoms with van der Waals surface area (Å²) >= 11 is 0. The molecular weight excluding hydrogens is 326 g/mol. The van der Waals surface area contributed by atoms with Gasteiger partial charge < -0.3 is 15.6 Å². The maximum Gasteiger partial charge on any atom is 0.524 e. The summed E-state index contributed by atoms with van der Waals surface area (Å²) in [5, 5.41) is 2.51. The van der Waals surface area contributed by atoms with E-state index in [1.807, 2.05) is 0 Å². The van der Waals surface area contributed by atoms with Gasteiger partial charge in [0.15, 0.2) is 0 Å². The van der Waals surface area contributed by atoms with Crippen molar-refractivity contribution in [1.29, 1.82) is 0 Å². The Balaban J connectivity index is 2.42. The number of carbonyl (C=O) groups is 1. The molecule has 7 nitrogen and oxygen atoms in total. The highest BCUT2D eigenvalue weighted by Gasteiger charge is 2.20. The van der Waals surface area contributed by atoms with E-state index < -0.39 is 19.9 Å². The topological polar surface area (TPSA) is 122 Å². The molecule has 0 spiro atoms. The molecule has 1 rings (SSSR count). The van der Waals surface area contributed by atoms with Crippen LogP contribution in [-0.2, 0) is 9.36 Å². The van der Waals surface area contributed by atoms with Crippen LogP contribution in [0.5, 0.6) is 5.75 Å². The molecule has 9 heteroatoms. The van der Waals surface area contributed by atoms with E-state index in [-0.39, 0.29) is 11.3 Å². The number of hydrogen-bond acceptors (Lipinski definition) is 4. The minimum absolute atomic E-state index is 0.0868. The number of unbranched alkanes of at least 4 members (excludes halogenated alkanes) is 3. The van der Waals surface area contributed by atoms with Gasteiger partial charge in [-0.1, -0.05) is 25.0 Å². The van der Waals surface area contributed by atoms with Crippen LogP contribution in [0.3, 0.4) is 0 Å². The molecule has 1 atom stereocenters. The Morgan fingerprint density at radius 2 is 1.83 bits per heavy atom. The molecule has 0 heterocycles. The number of nitrogens with two attached hydrogens (primary N) is 1. The normalized spacial score (nSPS) is 12.7. The van der Waals surface area contributed by atoms with E-state index in [1.165, 1.54) is 24.3 Å². The van der Waals surface area contributed by atoms with Gasteiger partial charge in [0, 0.05) is 6.54 Å². The Morgan fingerprint density at radius 1 is 1.22 bits per heavy atom. The number of amides is 1. The van der Waals surface area contributed by atoms with E-state index in [9.17, 15) is 13.8 Å². The van der Waals surface area contributed by atoms with Crippen molar-refractivity contribution in [2.75, 3.05) is 13.1 Å². The maximum atomic E-state index is 14.0. The number of phosphoric ester groups is 1. The van der Waals surface area contributed by atoms with E-state index in [2.05, 4.69) is 9.84 Å². The third kappa shape index (κ3) is 8.08. The molecule has 0 unspecified atom stereocenters. The highest BCUT2D eigenvalue weighted by atomic mass is 31.2. The van der Waals surface area contributed by atoms with Crippen molar-refractivity contribution in [2.24, 2.45) is 5.73 Å². The summed E-state index contributed by atoms with van der Waals surface area (Å²) in [4.78, 5) is 29.0. The second-order valence-electron chi connectivity index (χ2n) is 5.01. The SMILES string of the molecule is NCCCCCCNC(=O)[C@H](F)c1ccc(OP(=O)(O)O)cc1. The monoisotopic (exact) mass is 348 g/mol. The van der Waals surface area contributed by atoms with Crippen molar-refractivity contribution in [2.45, 2.75) is 31.9 Å². The van der Waals surface area contributed by atoms with Crippen LogP contribution in [0, 0.1) is 0 Å².